The number of nitrogens with zero attached hydrogens (tertiary/aromatic N) is 5. The minimum Gasteiger partial charge on any atom is -0.850 e. The van der Waals surface area contributed by atoms with Crippen molar-refractivity contribution < 1.29 is 56.5 Å². The van der Waals surface area contributed by atoms with Crippen LogP contribution in [0.1, 0.15) is 37.9 Å². The number of halogens is 1. The van der Waals surface area contributed by atoms with E-state index in [4.69, 9.17) is 11.6 Å². The van der Waals surface area contributed by atoms with Crippen LogP contribution in [0.15, 0.2) is 48.5 Å². The zero-order chi connectivity index (χ0) is 21.3. The first-order valence-electron chi connectivity index (χ1n) is 9.64. The maximum atomic E-state index is 11.7. The molecule has 0 aliphatic heterocycles. The fourth-order valence-electron chi connectivity index (χ4n) is 3.52. The van der Waals surface area contributed by atoms with E-state index in [1.165, 1.54) is 0 Å². The maximum Gasteiger partial charge on any atom is 1.00 e. The van der Waals surface area contributed by atoms with Gasteiger partial charge in [0.15, 0.2) is 0 Å². The summed E-state index contributed by atoms with van der Waals surface area (Å²) in [5, 5.41) is 26.4. The van der Waals surface area contributed by atoms with Gasteiger partial charge in [-0.1, -0.05) is 87.5 Å². The Kier molecular flexibility index (Phi) is 7.85. The Hall–Kier alpha value is -1.39. The summed E-state index contributed by atoms with van der Waals surface area (Å²) < 4.78 is 1.94. The van der Waals surface area contributed by atoms with E-state index in [-0.39, 0.29) is 56.8 Å². The zero-order valence-corrected chi connectivity index (χ0v) is 21.9. The number of imidazole rings is 1. The molecular weight excluding hydrogens is 439 g/mol. The fourth-order valence-corrected chi connectivity index (χ4v) is 3.75. The molecule has 0 bridgehead atoms. The van der Waals surface area contributed by atoms with Crippen molar-refractivity contribution in [3.8, 4) is 22.5 Å². The van der Waals surface area contributed by atoms with Gasteiger partial charge in [-0.05, 0) is 21.9 Å². The van der Waals surface area contributed by atoms with Crippen LogP contribution in [0.4, 0.5) is 0 Å². The Morgan fingerprint density at radius 3 is 2.29 bits per heavy atom. The van der Waals surface area contributed by atoms with Gasteiger partial charge in [-0.15, -0.1) is 10.2 Å². The number of nitrogens with one attached hydrogen (secondary N) is 1. The number of aromatic amines is 1. The van der Waals surface area contributed by atoms with Crippen LogP contribution < -0.4 is 56.5 Å². The second kappa shape index (κ2) is 10.0. The van der Waals surface area contributed by atoms with E-state index in [1.54, 1.807) is 0 Å². The summed E-state index contributed by atoms with van der Waals surface area (Å²) in [5.74, 6) is 1.36. The first kappa shape index (κ1) is 24.3. The van der Waals surface area contributed by atoms with E-state index in [0.717, 1.165) is 28.1 Å². The zero-order valence-electron chi connectivity index (χ0n) is 18.1. The molecule has 2 aromatic heterocycles. The molecule has 0 amide bonds. The minimum atomic E-state index is -0.405. The number of benzene rings is 2. The van der Waals surface area contributed by atoms with Crippen LogP contribution in [0.5, 0.6) is 0 Å². The van der Waals surface area contributed by atoms with Crippen molar-refractivity contribution in [2.75, 3.05) is 0 Å². The first-order chi connectivity index (χ1) is 14.4. The average Bonchev–Trinajstić information content (AvgIpc) is 3.36. The summed E-state index contributed by atoms with van der Waals surface area (Å²) in [5.41, 5.74) is 4.33. The largest absolute Gasteiger partial charge is 1.00 e. The second-order valence-electron chi connectivity index (χ2n) is 8.13. The Balaban J connectivity index is 0.00000272. The maximum absolute atomic E-state index is 11.7. The molecule has 2 heterocycles. The number of hydrogen-bond acceptors (Lipinski definition) is 5. The number of aromatic nitrogens is 6. The van der Waals surface area contributed by atoms with Crippen LogP contribution in [-0.4, -0.2) is 30.2 Å². The van der Waals surface area contributed by atoms with Crippen molar-refractivity contribution in [2.24, 2.45) is 0 Å². The Bertz CT molecular complexity index is 1150. The Morgan fingerprint density at radius 1 is 1.03 bits per heavy atom. The summed E-state index contributed by atoms with van der Waals surface area (Å²) in [4.78, 5) is 4.46. The van der Waals surface area contributed by atoms with Gasteiger partial charge in [-0.3, -0.25) is 0 Å². The Labute approximate surface area is 228 Å². The van der Waals surface area contributed by atoms with Crippen molar-refractivity contribution in [3.63, 3.8) is 0 Å². The van der Waals surface area contributed by atoms with Crippen LogP contribution in [0.3, 0.4) is 0 Å². The molecule has 0 fully saturated rings. The van der Waals surface area contributed by atoms with Crippen LogP contribution in [0.25, 0.3) is 22.5 Å². The number of hydrogen-bond donors (Lipinski definition) is 1. The smallest absolute Gasteiger partial charge is 0.850 e. The van der Waals surface area contributed by atoms with Gasteiger partial charge in [0.25, 0.3) is 0 Å². The van der Waals surface area contributed by atoms with Gasteiger partial charge < -0.3 is 9.67 Å². The average molecular weight is 461 g/mol. The molecule has 4 aromatic rings. The van der Waals surface area contributed by atoms with Crippen molar-refractivity contribution in [2.45, 2.75) is 39.3 Å². The van der Waals surface area contributed by atoms with Crippen molar-refractivity contribution in [3.05, 3.63) is 70.8 Å². The van der Waals surface area contributed by atoms with E-state index in [9.17, 15) is 5.11 Å². The van der Waals surface area contributed by atoms with Crippen molar-refractivity contribution >= 4 is 11.6 Å². The summed E-state index contributed by atoms with van der Waals surface area (Å²) in [7, 11) is 0. The summed E-state index contributed by atoms with van der Waals surface area (Å²) in [6, 6.07) is 16.2. The van der Waals surface area contributed by atoms with Gasteiger partial charge in [0.2, 0.25) is 5.82 Å². The minimum absolute atomic E-state index is 0. The molecule has 0 unspecified atom stereocenters. The molecule has 7 nitrogen and oxygen atoms in total. The molecule has 9 heteroatoms. The third-order valence-electron chi connectivity index (χ3n) is 4.95. The van der Waals surface area contributed by atoms with Crippen LogP contribution in [-0.2, 0) is 18.6 Å². The fraction of sp³-hybridized carbons (Fsp3) is 0.273. The predicted molar refractivity (Wildman–Crippen MR) is 114 cm³/mol. The Morgan fingerprint density at radius 2 is 1.71 bits per heavy atom. The number of H-pyrrole nitrogens is 1. The third kappa shape index (κ3) is 5.17. The molecule has 1 N–H and O–H groups in total. The van der Waals surface area contributed by atoms with Crippen molar-refractivity contribution in [1.29, 1.82) is 0 Å². The molecular formula is C22H22ClKN6O. The van der Waals surface area contributed by atoms with Crippen LogP contribution in [0.2, 0.25) is 5.15 Å². The summed E-state index contributed by atoms with van der Waals surface area (Å²) in [6.45, 7) is 6.33. The molecule has 0 aliphatic carbocycles. The van der Waals surface area contributed by atoms with E-state index in [2.05, 4.69) is 70.6 Å². The molecule has 0 saturated heterocycles. The monoisotopic (exact) mass is 460 g/mol. The van der Waals surface area contributed by atoms with Crippen LogP contribution in [0, 0.1) is 0 Å². The SMILES string of the molecule is CC(C)(C)c1nc(Cl)c(C[O-])n1Cc1ccc(-c2ccccc2-c2nn[nH]n2)cc1.[K+]. The van der Waals surface area contributed by atoms with Gasteiger partial charge in [0.05, 0.1) is 0 Å². The summed E-state index contributed by atoms with van der Waals surface area (Å²) in [6.07, 6.45) is 0. The standard InChI is InChI=1S/C22H22ClN6O.K/c1-22(2,3)21-24-19(23)18(13-30)29(21)12-14-8-10-15(11-9-14)16-6-4-5-7-17(16)20-25-27-28-26-20;/h4-11H,12-13H2,1-3H3,(H,25,26,27,28);/q-1;+1. The molecule has 0 radical (unpaired) electrons. The first-order valence-corrected chi connectivity index (χ1v) is 10.0. The molecule has 31 heavy (non-hydrogen) atoms. The predicted octanol–water partition coefficient (Wildman–Crippen LogP) is 0.594. The molecule has 0 saturated carbocycles. The molecule has 154 valence electrons. The van der Waals surface area contributed by atoms with Gasteiger partial charge in [0.1, 0.15) is 11.0 Å². The van der Waals surface area contributed by atoms with Crippen molar-refractivity contribution in [1.82, 2.24) is 30.2 Å². The van der Waals surface area contributed by atoms with Gasteiger partial charge >= 0.3 is 51.4 Å². The molecule has 0 spiro atoms. The van der Waals surface area contributed by atoms with Gasteiger partial charge in [0, 0.05) is 23.2 Å². The number of tetrazole rings is 1. The van der Waals surface area contributed by atoms with Crippen LogP contribution >= 0.6 is 11.6 Å². The quantitative estimate of drug-likeness (QED) is 0.440. The summed E-state index contributed by atoms with van der Waals surface area (Å²) >= 11 is 6.24. The van der Waals surface area contributed by atoms with Gasteiger partial charge in [-0.2, -0.15) is 5.21 Å². The van der Waals surface area contributed by atoms with E-state index < -0.39 is 6.61 Å². The topological polar surface area (TPSA) is 95.3 Å². The van der Waals surface area contributed by atoms with E-state index in [1.807, 2.05) is 28.8 Å². The molecule has 4 rings (SSSR count). The van der Waals surface area contributed by atoms with E-state index >= 15 is 0 Å². The molecule has 0 aliphatic rings. The van der Waals surface area contributed by atoms with E-state index in [0.29, 0.717) is 23.2 Å². The normalized spacial score (nSPS) is 11.4. The van der Waals surface area contributed by atoms with Gasteiger partial charge in [-0.25, -0.2) is 4.98 Å². The number of rotatable bonds is 5. The third-order valence-corrected chi connectivity index (χ3v) is 5.25. The molecule has 2 aromatic carbocycles. The second-order valence-corrected chi connectivity index (χ2v) is 8.49. The molecule has 0 atom stereocenters.